The summed E-state index contributed by atoms with van der Waals surface area (Å²) >= 11 is 0. The minimum Gasteiger partial charge on any atom is -0.352 e. The Morgan fingerprint density at radius 2 is 1.63 bits per heavy atom. The largest absolute Gasteiger partial charge is 0.352 e. The zero-order valence-corrected chi connectivity index (χ0v) is 18.0. The lowest BCUT2D eigenvalue weighted by molar-refractivity contribution is 0.0952. The Labute approximate surface area is 178 Å². The summed E-state index contributed by atoms with van der Waals surface area (Å²) in [6.45, 7) is 4.35. The molecule has 5 nitrogen and oxygen atoms in total. The number of carbonyl (C=O) groups is 1. The van der Waals surface area contributed by atoms with Gasteiger partial charge in [-0.1, -0.05) is 54.1 Å². The molecule has 0 bridgehead atoms. The van der Waals surface area contributed by atoms with Crippen LogP contribution in [0.4, 0.5) is 5.69 Å². The van der Waals surface area contributed by atoms with Gasteiger partial charge in [-0.15, -0.1) is 0 Å². The van der Waals surface area contributed by atoms with Crippen molar-refractivity contribution in [1.29, 1.82) is 0 Å². The molecule has 0 aliphatic heterocycles. The van der Waals surface area contributed by atoms with Gasteiger partial charge in [0.1, 0.15) is 0 Å². The van der Waals surface area contributed by atoms with Crippen molar-refractivity contribution in [3.63, 3.8) is 0 Å². The van der Waals surface area contributed by atoms with Gasteiger partial charge < -0.3 is 5.32 Å². The van der Waals surface area contributed by atoms with E-state index in [0.717, 1.165) is 12.8 Å². The van der Waals surface area contributed by atoms with E-state index in [2.05, 4.69) is 35.2 Å². The summed E-state index contributed by atoms with van der Waals surface area (Å²) in [5.74, 6) is -0.211. The van der Waals surface area contributed by atoms with Gasteiger partial charge in [-0.25, -0.2) is 8.42 Å². The number of sulfonamides is 1. The number of amides is 1. The second-order valence-electron chi connectivity index (χ2n) is 7.25. The summed E-state index contributed by atoms with van der Waals surface area (Å²) in [5.41, 5.74) is 3.91. The average molecular weight is 423 g/mol. The van der Waals surface area contributed by atoms with E-state index in [-0.39, 0.29) is 10.8 Å². The van der Waals surface area contributed by atoms with Gasteiger partial charge in [0.2, 0.25) is 0 Å². The molecule has 0 aromatic heterocycles. The quantitative estimate of drug-likeness (QED) is 0.526. The molecule has 0 aliphatic carbocycles. The first kappa shape index (κ1) is 21.6. The molecule has 0 fully saturated rings. The summed E-state index contributed by atoms with van der Waals surface area (Å²) in [5, 5.41) is 2.93. The Morgan fingerprint density at radius 1 is 0.900 bits per heavy atom. The molecule has 3 aromatic rings. The van der Waals surface area contributed by atoms with Crippen LogP contribution < -0.4 is 10.0 Å². The predicted octanol–water partition coefficient (Wildman–Crippen LogP) is 4.47. The van der Waals surface area contributed by atoms with Gasteiger partial charge in [0.25, 0.3) is 15.9 Å². The SMILES string of the molecule is Cc1cccc(CCCNC(=O)c2cccc(NS(=O)(=O)c3ccccc3)c2C)c1. The second kappa shape index (κ2) is 9.59. The van der Waals surface area contributed by atoms with E-state index in [1.807, 2.05) is 6.07 Å². The fraction of sp³-hybridized carbons (Fsp3) is 0.208. The van der Waals surface area contributed by atoms with E-state index in [0.29, 0.717) is 23.4 Å². The molecule has 0 heterocycles. The molecule has 2 N–H and O–H groups in total. The number of carbonyl (C=O) groups excluding carboxylic acids is 1. The lowest BCUT2D eigenvalue weighted by Gasteiger charge is -2.14. The third-order valence-corrected chi connectivity index (χ3v) is 6.27. The summed E-state index contributed by atoms with van der Waals surface area (Å²) < 4.78 is 27.8. The van der Waals surface area contributed by atoms with Crippen LogP contribution in [-0.2, 0) is 16.4 Å². The maximum absolute atomic E-state index is 12.6. The van der Waals surface area contributed by atoms with Gasteiger partial charge in [-0.05, 0) is 62.1 Å². The molecule has 1 amide bonds. The van der Waals surface area contributed by atoms with Crippen LogP contribution in [0.15, 0.2) is 77.7 Å². The lowest BCUT2D eigenvalue weighted by atomic mass is 10.1. The van der Waals surface area contributed by atoms with E-state index in [1.54, 1.807) is 43.3 Å². The van der Waals surface area contributed by atoms with Gasteiger partial charge in [0.15, 0.2) is 0 Å². The summed E-state index contributed by atoms with van der Waals surface area (Å²) in [7, 11) is -3.72. The second-order valence-corrected chi connectivity index (χ2v) is 8.93. The van der Waals surface area contributed by atoms with Crippen molar-refractivity contribution in [3.05, 3.63) is 95.1 Å². The minimum absolute atomic E-state index is 0.176. The van der Waals surface area contributed by atoms with Gasteiger partial charge in [-0.3, -0.25) is 9.52 Å². The first-order chi connectivity index (χ1) is 14.4. The van der Waals surface area contributed by atoms with Crippen molar-refractivity contribution in [2.24, 2.45) is 0 Å². The fourth-order valence-corrected chi connectivity index (χ4v) is 4.40. The zero-order valence-electron chi connectivity index (χ0n) is 17.2. The Bertz CT molecular complexity index is 1130. The standard InChI is InChI=1S/C24H26N2O3S/c1-18-9-6-10-20(17-18)11-8-16-25-24(27)22-14-7-15-23(19(22)2)26-30(28,29)21-12-4-3-5-13-21/h3-7,9-10,12-15,17,26H,8,11,16H2,1-2H3,(H,25,27). The first-order valence-corrected chi connectivity index (χ1v) is 11.4. The zero-order chi connectivity index (χ0) is 21.6. The van der Waals surface area contributed by atoms with Crippen molar-refractivity contribution in [1.82, 2.24) is 5.32 Å². The molecule has 0 atom stereocenters. The van der Waals surface area contributed by atoms with Crippen LogP contribution in [0, 0.1) is 13.8 Å². The van der Waals surface area contributed by atoms with Crippen molar-refractivity contribution in [2.75, 3.05) is 11.3 Å². The number of hydrogen-bond donors (Lipinski definition) is 2. The third kappa shape index (κ3) is 5.48. The molecule has 0 saturated heterocycles. The average Bonchev–Trinajstić information content (AvgIpc) is 2.73. The van der Waals surface area contributed by atoms with Crippen LogP contribution in [0.2, 0.25) is 0 Å². The molecule has 0 unspecified atom stereocenters. The van der Waals surface area contributed by atoms with Gasteiger partial charge in [-0.2, -0.15) is 0 Å². The van der Waals surface area contributed by atoms with E-state index in [4.69, 9.17) is 0 Å². The predicted molar refractivity (Wildman–Crippen MR) is 120 cm³/mol. The monoisotopic (exact) mass is 422 g/mol. The smallest absolute Gasteiger partial charge is 0.261 e. The molecule has 0 saturated carbocycles. The number of aryl methyl sites for hydroxylation is 2. The molecule has 3 aromatic carbocycles. The topological polar surface area (TPSA) is 75.3 Å². The molecule has 0 radical (unpaired) electrons. The number of hydrogen-bond acceptors (Lipinski definition) is 3. The summed E-state index contributed by atoms with van der Waals surface area (Å²) in [6, 6.07) is 21.5. The van der Waals surface area contributed by atoms with E-state index in [9.17, 15) is 13.2 Å². The molecule has 0 aliphatic rings. The third-order valence-electron chi connectivity index (χ3n) is 4.89. The van der Waals surface area contributed by atoms with Crippen molar-refractivity contribution in [3.8, 4) is 0 Å². The van der Waals surface area contributed by atoms with Crippen LogP contribution in [0.1, 0.15) is 33.5 Å². The fourth-order valence-electron chi connectivity index (χ4n) is 3.25. The van der Waals surface area contributed by atoms with Crippen molar-refractivity contribution in [2.45, 2.75) is 31.6 Å². The number of nitrogens with one attached hydrogen (secondary N) is 2. The molecule has 156 valence electrons. The van der Waals surface area contributed by atoms with E-state index in [1.165, 1.54) is 23.3 Å². The lowest BCUT2D eigenvalue weighted by Crippen LogP contribution is -2.26. The summed E-state index contributed by atoms with van der Waals surface area (Å²) in [4.78, 5) is 12.8. The molecule has 6 heteroatoms. The maximum Gasteiger partial charge on any atom is 0.261 e. The normalized spacial score (nSPS) is 11.1. The first-order valence-electron chi connectivity index (χ1n) is 9.88. The summed E-state index contributed by atoms with van der Waals surface area (Å²) in [6.07, 6.45) is 1.71. The number of benzene rings is 3. The molecule has 3 rings (SSSR count). The Morgan fingerprint density at radius 3 is 2.37 bits per heavy atom. The van der Waals surface area contributed by atoms with Crippen LogP contribution in [0.3, 0.4) is 0 Å². The van der Waals surface area contributed by atoms with Gasteiger partial charge >= 0.3 is 0 Å². The van der Waals surface area contributed by atoms with E-state index >= 15 is 0 Å². The highest BCUT2D eigenvalue weighted by molar-refractivity contribution is 7.92. The van der Waals surface area contributed by atoms with Gasteiger partial charge in [0, 0.05) is 12.1 Å². The Hall–Kier alpha value is -3.12. The Kier molecular flexibility index (Phi) is 6.90. The number of rotatable bonds is 8. The maximum atomic E-state index is 12.6. The van der Waals surface area contributed by atoms with Crippen molar-refractivity contribution >= 4 is 21.6 Å². The van der Waals surface area contributed by atoms with Crippen LogP contribution in [0.25, 0.3) is 0 Å². The highest BCUT2D eigenvalue weighted by atomic mass is 32.2. The highest BCUT2D eigenvalue weighted by Gasteiger charge is 2.17. The minimum atomic E-state index is -3.72. The van der Waals surface area contributed by atoms with Crippen LogP contribution >= 0.6 is 0 Å². The number of anilines is 1. The molecular formula is C24H26N2O3S. The molecule has 0 spiro atoms. The van der Waals surface area contributed by atoms with E-state index < -0.39 is 10.0 Å². The van der Waals surface area contributed by atoms with Crippen LogP contribution in [0.5, 0.6) is 0 Å². The van der Waals surface area contributed by atoms with Gasteiger partial charge in [0.05, 0.1) is 10.6 Å². The van der Waals surface area contributed by atoms with Crippen molar-refractivity contribution < 1.29 is 13.2 Å². The Balaban J connectivity index is 1.63. The molecule has 30 heavy (non-hydrogen) atoms. The van der Waals surface area contributed by atoms with Crippen LogP contribution in [-0.4, -0.2) is 20.9 Å². The highest BCUT2D eigenvalue weighted by Crippen LogP contribution is 2.22. The molecular weight excluding hydrogens is 396 g/mol.